The van der Waals surface area contributed by atoms with Crippen LogP contribution in [0, 0.1) is 6.92 Å². The van der Waals surface area contributed by atoms with E-state index in [1.165, 1.54) is 18.2 Å². The Labute approximate surface area is 269 Å². The quantitative estimate of drug-likeness (QED) is 0.0737. The van der Waals surface area contributed by atoms with Gasteiger partial charge in [-0.1, -0.05) is 69.7 Å². The fourth-order valence-corrected chi connectivity index (χ4v) is 4.01. The molecule has 0 radical (unpaired) electrons. The summed E-state index contributed by atoms with van der Waals surface area (Å²) in [6.07, 6.45) is 0.310. The van der Waals surface area contributed by atoms with E-state index in [1.54, 1.807) is 6.07 Å². The Bertz CT molecular complexity index is 1040. The van der Waals surface area contributed by atoms with Crippen molar-refractivity contribution in [2.75, 3.05) is 57.9 Å². The average molecular weight is 637 g/mol. The van der Waals surface area contributed by atoms with Crippen molar-refractivity contribution in [3.05, 3.63) is 65.2 Å². The second-order valence-electron chi connectivity index (χ2n) is 9.93. The zero-order valence-corrected chi connectivity index (χ0v) is 28.4. The molecular formula is C32H52N4O5S2. The minimum Gasteiger partial charge on any atom is -0.437 e. The third-order valence-electron chi connectivity index (χ3n) is 6.09. The number of thiol groups is 2. The number of likely N-dealkylation sites (N-methyl/N-ethyl adjacent to an activating group) is 2. The van der Waals surface area contributed by atoms with E-state index in [9.17, 15) is 14.4 Å². The summed E-state index contributed by atoms with van der Waals surface area (Å²) in [6, 6.07) is 16.0. The molecule has 43 heavy (non-hydrogen) atoms. The van der Waals surface area contributed by atoms with E-state index >= 15 is 0 Å². The first-order valence-corrected chi connectivity index (χ1v) is 15.9. The summed E-state index contributed by atoms with van der Waals surface area (Å²) in [6.45, 7) is 15.5. The average Bonchev–Trinajstić information content (AvgIpc) is 2.98. The number of hydrogen-bond donors (Lipinski definition) is 6. The number of rotatable bonds is 15. The van der Waals surface area contributed by atoms with Crippen molar-refractivity contribution >= 4 is 43.2 Å². The van der Waals surface area contributed by atoms with Gasteiger partial charge in [0.05, 0.1) is 7.11 Å². The molecule has 2 aromatic carbocycles. The van der Waals surface area contributed by atoms with E-state index in [0.29, 0.717) is 43.2 Å². The van der Waals surface area contributed by atoms with Crippen LogP contribution in [0.3, 0.4) is 0 Å². The summed E-state index contributed by atoms with van der Waals surface area (Å²) in [5.74, 6) is 1.89. The second-order valence-corrected chi connectivity index (χ2v) is 10.8. The lowest BCUT2D eigenvalue weighted by atomic mass is 9.78. The number of nitrogens with one attached hydrogen (secondary N) is 4. The lowest BCUT2D eigenvalue weighted by Gasteiger charge is -2.26. The van der Waals surface area contributed by atoms with E-state index in [-0.39, 0.29) is 17.2 Å². The van der Waals surface area contributed by atoms with Gasteiger partial charge in [-0.2, -0.15) is 25.3 Å². The van der Waals surface area contributed by atoms with Crippen molar-refractivity contribution in [2.45, 2.75) is 52.9 Å². The number of aryl methyl sites for hydroxylation is 1. The van der Waals surface area contributed by atoms with Gasteiger partial charge < -0.3 is 30.7 Å². The monoisotopic (exact) mass is 636 g/mol. The maximum atomic E-state index is 11.2. The Kier molecular flexibility index (Phi) is 23.1. The van der Waals surface area contributed by atoms with Crippen LogP contribution in [0.5, 0.6) is 5.75 Å². The van der Waals surface area contributed by atoms with Gasteiger partial charge in [0.25, 0.3) is 0 Å². The number of carbonyl (C=O) groups is 3. The summed E-state index contributed by atoms with van der Waals surface area (Å²) in [7, 11) is 1.29. The van der Waals surface area contributed by atoms with Gasteiger partial charge in [0, 0.05) is 44.4 Å². The highest BCUT2D eigenvalue weighted by Crippen LogP contribution is 2.33. The first-order chi connectivity index (χ1) is 20.5. The first-order valence-electron chi connectivity index (χ1n) is 14.7. The fourth-order valence-electron chi connectivity index (χ4n) is 3.60. The van der Waals surface area contributed by atoms with Crippen molar-refractivity contribution in [1.29, 1.82) is 0 Å². The van der Waals surface area contributed by atoms with Crippen molar-refractivity contribution in [3.8, 4) is 5.75 Å². The summed E-state index contributed by atoms with van der Waals surface area (Å²) in [4.78, 5) is 32.8. The van der Waals surface area contributed by atoms with Crippen LogP contribution in [0.2, 0.25) is 0 Å². The van der Waals surface area contributed by atoms with Crippen molar-refractivity contribution < 1.29 is 23.9 Å². The van der Waals surface area contributed by atoms with Crippen molar-refractivity contribution in [3.63, 3.8) is 0 Å². The van der Waals surface area contributed by atoms with Gasteiger partial charge in [-0.3, -0.25) is 9.59 Å². The highest BCUT2D eigenvalue weighted by atomic mass is 32.1. The predicted octanol–water partition coefficient (Wildman–Crippen LogP) is 4.53. The normalized spacial score (nSPS) is 10.3. The number of methoxy groups -OCH3 is 1. The van der Waals surface area contributed by atoms with Gasteiger partial charge >= 0.3 is 6.16 Å². The zero-order chi connectivity index (χ0) is 32.5. The molecule has 0 heterocycles. The van der Waals surface area contributed by atoms with Crippen molar-refractivity contribution in [1.82, 2.24) is 21.3 Å². The molecule has 2 aromatic rings. The van der Waals surface area contributed by atoms with Crippen LogP contribution in [0.15, 0.2) is 48.5 Å². The van der Waals surface area contributed by atoms with Gasteiger partial charge in [0.1, 0.15) is 5.75 Å². The minimum atomic E-state index is -0.708. The number of ether oxygens (including phenoxy) is 2. The lowest BCUT2D eigenvalue weighted by Crippen LogP contribution is -2.31. The Balaban J connectivity index is 0.000000682. The molecule has 11 heteroatoms. The Morgan fingerprint density at radius 2 is 1.26 bits per heavy atom. The van der Waals surface area contributed by atoms with Crippen LogP contribution >= 0.6 is 25.3 Å². The number of carbonyl (C=O) groups excluding carboxylic acids is 3. The largest absolute Gasteiger partial charge is 0.513 e. The van der Waals surface area contributed by atoms with E-state index < -0.39 is 6.16 Å². The molecule has 0 atom stereocenters. The zero-order valence-electron chi connectivity index (χ0n) is 26.6. The summed E-state index contributed by atoms with van der Waals surface area (Å²) in [5, 5.41) is 11.8. The van der Waals surface area contributed by atoms with Gasteiger partial charge in [-0.25, -0.2) is 4.79 Å². The summed E-state index contributed by atoms with van der Waals surface area (Å²) >= 11 is 7.89. The summed E-state index contributed by atoms with van der Waals surface area (Å²) in [5.41, 5.74) is 3.34. The van der Waals surface area contributed by atoms with Crippen LogP contribution < -0.4 is 26.0 Å². The first kappa shape index (κ1) is 40.3. The second kappa shape index (κ2) is 24.7. The third-order valence-corrected chi connectivity index (χ3v) is 6.54. The van der Waals surface area contributed by atoms with Gasteiger partial charge in [-0.05, 0) is 54.8 Å². The molecule has 0 unspecified atom stereocenters. The standard InChI is InChI=1S/C18H20O3.2C7H16N2OS/c1-13-7-5-8-14(11-13)18(2,3)15-9-6-10-16(12-15)21-17(19)20-4;2*1-2-8-4-5-9-7(10)3-6-11/h5-12H,1-4H3;2*8,11H,2-6H2,1H3,(H,9,10). The topological polar surface area (TPSA) is 118 Å². The molecule has 4 N–H and O–H groups in total. The molecule has 0 fully saturated rings. The fraction of sp³-hybridized carbons (Fsp3) is 0.531. The number of hydrogen-bond acceptors (Lipinski definition) is 9. The summed E-state index contributed by atoms with van der Waals surface area (Å²) < 4.78 is 9.62. The molecule has 0 saturated carbocycles. The lowest BCUT2D eigenvalue weighted by molar-refractivity contribution is -0.121. The van der Waals surface area contributed by atoms with E-state index in [1.807, 2.05) is 32.0 Å². The highest BCUT2D eigenvalue weighted by Gasteiger charge is 2.24. The van der Waals surface area contributed by atoms with Crippen LogP contribution in [0.25, 0.3) is 0 Å². The molecule has 0 aliphatic rings. The smallest absolute Gasteiger partial charge is 0.437 e. The van der Waals surface area contributed by atoms with E-state index in [2.05, 4.69) is 96.3 Å². The molecular weight excluding hydrogens is 585 g/mol. The molecule has 0 aromatic heterocycles. The number of amides is 2. The molecule has 0 spiro atoms. The van der Waals surface area contributed by atoms with Crippen LogP contribution in [0.4, 0.5) is 4.79 Å². The van der Waals surface area contributed by atoms with Gasteiger partial charge in [0.2, 0.25) is 11.8 Å². The van der Waals surface area contributed by atoms with Gasteiger partial charge in [0.15, 0.2) is 0 Å². The molecule has 0 aliphatic carbocycles. The molecule has 9 nitrogen and oxygen atoms in total. The maximum Gasteiger partial charge on any atom is 0.513 e. The van der Waals surface area contributed by atoms with Crippen LogP contribution in [0.1, 0.15) is 57.2 Å². The minimum absolute atomic E-state index is 0.0814. The Hall–Kier alpha value is -2.73. The molecule has 0 bridgehead atoms. The molecule has 0 saturated heterocycles. The molecule has 2 amide bonds. The van der Waals surface area contributed by atoms with E-state index in [0.717, 1.165) is 31.7 Å². The van der Waals surface area contributed by atoms with Crippen LogP contribution in [-0.2, 0) is 19.7 Å². The maximum absolute atomic E-state index is 11.2. The van der Waals surface area contributed by atoms with Crippen molar-refractivity contribution in [2.24, 2.45) is 0 Å². The third kappa shape index (κ3) is 19.2. The highest BCUT2D eigenvalue weighted by molar-refractivity contribution is 7.80. The van der Waals surface area contributed by atoms with Crippen LogP contribution in [-0.4, -0.2) is 75.9 Å². The molecule has 242 valence electrons. The molecule has 2 rings (SSSR count). The molecule has 0 aliphatic heterocycles. The Morgan fingerprint density at radius 1 is 0.767 bits per heavy atom. The number of benzene rings is 2. The Morgan fingerprint density at radius 3 is 1.70 bits per heavy atom. The SMILES string of the molecule is CCNCCNC(=O)CCS.CCNCCNC(=O)CCS.COC(=O)Oc1cccc(C(C)(C)c2cccc(C)c2)c1. The van der Waals surface area contributed by atoms with Gasteiger partial charge in [-0.15, -0.1) is 0 Å². The predicted molar refractivity (Wildman–Crippen MR) is 183 cm³/mol. The van der Waals surface area contributed by atoms with E-state index in [4.69, 9.17) is 4.74 Å².